The lowest BCUT2D eigenvalue weighted by Gasteiger charge is -2.18. The van der Waals surface area contributed by atoms with Gasteiger partial charge in [-0.2, -0.15) is 0 Å². The fourth-order valence-corrected chi connectivity index (χ4v) is 2.70. The van der Waals surface area contributed by atoms with Crippen molar-refractivity contribution in [1.29, 1.82) is 0 Å². The Balaban J connectivity index is 2.17. The summed E-state index contributed by atoms with van der Waals surface area (Å²) < 4.78 is 0.700. The second-order valence-corrected chi connectivity index (χ2v) is 6.33. The van der Waals surface area contributed by atoms with Crippen LogP contribution in [-0.2, 0) is 6.54 Å². The van der Waals surface area contributed by atoms with Gasteiger partial charge >= 0.3 is 0 Å². The molecule has 0 radical (unpaired) electrons. The van der Waals surface area contributed by atoms with Crippen LogP contribution in [0.4, 0.5) is 5.69 Å². The van der Waals surface area contributed by atoms with E-state index in [9.17, 15) is 4.79 Å². The lowest BCUT2D eigenvalue weighted by molar-refractivity contribution is 0.0785. The van der Waals surface area contributed by atoms with Gasteiger partial charge < -0.3 is 10.6 Å². The van der Waals surface area contributed by atoms with Crippen molar-refractivity contribution in [2.75, 3.05) is 12.8 Å². The van der Waals surface area contributed by atoms with Crippen molar-refractivity contribution in [3.05, 3.63) is 62.0 Å². The minimum atomic E-state index is -0.110. The number of anilines is 1. The molecule has 0 fully saturated rings. The fourth-order valence-electron chi connectivity index (χ4n) is 1.86. The van der Waals surface area contributed by atoms with E-state index in [2.05, 4.69) is 15.9 Å². The molecule has 2 rings (SSSR count). The number of benzene rings is 2. The van der Waals surface area contributed by atoms with Crippen molar-refractivity contribution in [1.82, 2.24) is 4.90 Å². The van der Waals surface area contributed by atoms with Gasteiger partial charge in [0, 0.05) is 39.4 Å². The second-order valence-electron chi connectivity index (χ2n) is 4.63. The monoisotopic (exact) mass is 386 g/mol. The Labute approximate surface area is 141 Å². The van der Waals surface area contributed by atoms with Gasteiger partial charge in [0.2, 0.25) is 0 Å². The highest BCUT2D eigenvalue weighted by Gasteiger charge is 2.14. The second kappa shape index (κ2) is 6.69. The van der Waals surface area contributed by atoms with Gasteiger partial charge in [-0.15, -0.1) is 0 Å². The van der Waals surface area contributed by atoms with Crippen LogP contribution in [0.1, 0.15) is 15.9 Å². The van der Waals surface area contributed by atoms with Gasteiger partial charge in [-0.25, -0.2) is 0 Å². The van der Waals surface area contributed by atoms with Crippen molar-refractivity contribution >= 4 is 50.7 Å². The van der Waals surface area contributed by atoms with Crippen molar-refractivity contribution in [2.45, 2.75) is 6.54 Å². The summed E-state index contributed by atoms with van der Waals surface area (Å²) in [6, 6.07) is 10.3. The molecule has 0 aliphatic rings. The van der Waals surface area contributed by atoms with Crippen LogP contribution < -0.4 is 5.73 Å². The molecule has 0 spiro atoms. The SMILES string of the molecule is CN(Cc1ccc(Cl)cc1Cl)C(=O)c1ccc(N)c(Br)c1. The summed E-state index contributed by atoms with van der Waals surface area (Å²) in [4.78, 5) is 14.0. The number of nitrogen functional groups attached to an aromatic ring is 1. The van der Waals surface area contributed by atoms with E-state index < -0.39 is 0 Å². The molecule has 0 bridgehead atoms. The Morgan fingerprint density at radius 2 is 1.95 bits per heavy atom. The highest BCUT2D eigenvalue weighted by molar-refractivity contribution is 9.10. The predicted molar refractivity (Wildman–Crippen MR) is 90.8 cm³/mol. The molecule has 6 heteroatoms. The zero-order valence-electron chi connectivity index (χ0n) is 11.2. The number of rotatable bonds is 3. The van der Waals surface area contributed by atoms with Gasteiger partial charge in [0.05, 0.1) is 0 Å². The Morgan fingerprint density at radius 3 is 2.57 bits per heavy atom. The van der Waals surface area contributed by atoms with Gasteiger partial charge in [0.15, 0.2) is 0 Å². The van der Waals surface area contributed by atoms with E-state index in [-0.39, 0.29) is 5.91 Å². The molecular weight excluding hydrogens is 375 g/mol. The van der Waals surface area contributed by atoms with Gasteiger partial charge in [-0.05, 0) is 51.8 Å². The van der Waals surface area contributed by atoms with Crippen molar-refractivity contribution in [3.8, 4) is 0 Å². The van der Waals surface area contributed by atoms with E-state index in [1.165, 1.54) is 0 Å². The molecular formula is C15H13BrCl2N2O. The van der Waals surface area contributed by atoms with Crippen LogP contribution >= 0.6 is 39.1 Å². The van der Waals surface area contributed by atoms with E-state index >= 15 is 0 Å². The van der Waals surface area contributed by atoms with Crippen LogP contribution in [0.15, 0.2) is 40.9 Å². The molecule has 0 heterocycles. The van der Waals surface area contributed by atoms with Gasteiger partial charge in [-0.3, -0.25) is 4.79 Å². The van der Waals surface area contributed by atoms with Crippen LogP contribution in [-0.4, -0.2) is 17.9 Å². The number of carbonyl (C=O) groups is 1. The Bertz CT molecular complexity index is 691. The first-order chi connectivity index (χ1) is 9.88. The van der Waals surface area contributed by atoms with E-state index in [0.29, 0.717) is 32.3 Å². The largest absolute Gasteiger partial charge is 0.398 e. The third-order valence-corrected chi connectivity index (χ3v) is 4.29. The molecule has 0 saturated heterocycles. The van der Waals surface area contributed by atoms with Crippen LogP contribution in [0.2, 0.25) is 10.0 Å². The number of hydrogen-bond donors (Lipinski definition) is 1. The van der Waals surface area contributed by atoms with Crippen molar-refractivity contribution in [3.63, 3.8) is 0 Å². The van der Waals surface area contributed by atoms with E-state index in [1.807, 2.05) is 6.07 Å². The quantitative estimate of drug-likeness (QED) is 0.781. The molecule has 21 heavy (non-hydrogen) atoms. The topological polar surface area (TPSA) is 46.3 Å². The molecule has 1 amide bonds. The third-order valence-electron chi connectivity index (χ3n) is 3.02. The highest BCUT2D eigenvalue weighted by atomic mass is 79.9. The van der Waals surface area contributed by atoms with Gasteiger partial charge in [0.25, 0.3) is 5.91 Å². The molecule has 2 aromatic rings. The molecule has 110 valence electrons. The number of hydrogen-bond acceptors (Lipinski definition) is 2. The average Bonchev–Trinajstić information content (AvgIpc) is 2.44. The highest BCUT2D eigenvalue weighted by Crippen LogP contribution is 2.24. The molecule has 0 aliphatic heterocycles. The van der Waals surface area contributed by atoms with Crippen LogP contribution in [0.25, 0.3) is 0 Å². The maximum atomic E-state index is 12.4. The normalized spacial score (nSPS) is 10.5. The molecule has 2 N–H and O–H groups in total. The fraction of sp³-hybridized carbons (Fsp3) is 0.133. The maximum Gasteiger partial charge on any atom is 0.253 e. The Hall–Kier alpha value is -1.23. The van der Waals surface area contributed by atoms with Crippen molar-refractivity contribution < 1.29 is 4.79 Å². The first-order valence-corrected chi connectivity index (χ1v) is 7.68. The minimum absolute atomic E-state index is 0.110. The van der Waals surface area contributed by atoms with Crippen LogP contribution in [0.5, 0.6) is 0 Å². The standard InChI is InChI=1S/C15H13BrCl2N2O/c1-20(8-10-2-4-11(17)7-13(10)18)15(21)9-3-5-14(19)12(16)6-9/h2-7H,8,19H2,1H3. The van der Waals surface area contributed by atoms with E-state index in [0.717, 1.165) is 5.56 Å². The summed E-state index contributed by atoms with van der Waals surface area (Å²) in [6.07, 6.45) is 0. The zero-order valence-corrected chi connectivity index (χ0v) is 14.3. The summed E-state index contributed by atoms with van der Waals surface area (Å²) in [5.74, 6) is -0.110. The Morgan fingerprint density at radius 1 is 1.24 bits per heavy atom. The summed E-state index contributed by atoms with van der Waals surface area (Å²) in [6.45, 7) is 0.400. The summed E-state index contributed by atoms with van der Waals surface area (Å²) in [5, 5.41) is 1.11. The summed E-state index contributed by atoms with van der Waals surface area (Å²) >= 11 is 15.3. The van der Waals surface area contributed by atoms with E-state index in [4.69, 9.17) is 28.9 Å². The number of nitrogens with zero attached hydrogens (tertiary/aromatic N) is 1. The van der Waals surface area contributed by atoms with Crippen molar-refractivity contribution in [2.24, 2.45) is 0 Å². The summed E-state index contributed by atoms with van der Waals surface area (Å²) in [7, 11) is 1.72. The zero-order chi connectivity index (χ0) is 15.6. The van der Waals surface area contributed by atoms with Crippen LogP contribution in [0, 0.1) is 0 Å². The van der Waals surface area contributed by atoms with Gasteiger partial charge in [0.1, 0.15) is 0 Å². The molecule has 0 aromatic heterocycles. The first kappa shape index (κ1) is 16.1. The smallest absolute Gasteiger partial charge is 0.253 e. The molecule has 3 nitrogen and oxygen atoms in total. The van der Waals surface area contributed by atoms with Crippen LogP contribution in [0.3, 0.4) is 0 Å². The predicted octanol–water partition coefficient (Wildman–Crippen LogP) is 4.61. The molecule has 0 saturated carbocycles. The van der Waals surface area contributed by atoms with E-state index in [1.54, 1.807) is 42.3 Å². The maximum absolute atomic E-state index is 12.4. The number of nitrogens with two attached hydrogens (primary N) is 1. The molecule has 2 aromatic carbocycles. The van der Waals surface area contributed by atoms with Gasteiger partial charge in [-0.1, -0.05) is 29.3 Å². The molecule has 0 unspecified atom stereocenters. The number of carbonyl (C=O) groups excluding carboxylic acids is 1. The third kappa shape index (κ3) is 3.90. The Kier molecular flexibility index (Phi) is 5.14. The number of amides is 1. The average molecular weight is 388 g/mol. The first-order valence-electron chi connectivity index (χ1n) is 6.13. The lowest BCUT2D eigenvalue weighted by atomic mass is 10.1. The molecule has 0 aliphatic carbocycles. The lowest BCUT2D eigenvalue weighted by Crippen LogP contribution is -2.26. The molecule has 0 atom stereocenters. The summed E-state index contributed by atoms with van der Waals surface area (Å²) in [5.41, 5.74) is 7.71. The number of halogens is 3. The minimum Gasteiger partial charge on any atom is -0.398 e.